The van der Waals surface area contributed by atoms with Crippen LogP contribution >= 0.6 is 11.6 Å². The van der Waals surface area contributed by atoms with E-state index in [0.29, 0.717) is 19.8 Å². The van der Waals surface area contributed by atoms with Gasteiger partial charge in [0.25, 0.3) is 5.91 Å². The molecule has 23 heavy (non-hydrogen) atoms. The van der Waals surface area contributed by atoms with Crippen LogP contribution in [0, 0.1) is 0 Å². The molecule has 4 N–H and O–H groups in total. The molecule has 0 spiro atoms. The monoisotopic (exact) mass is 334 g/mol. The number of aromatic amines is 1. The zero-order valence-corrected chi connectivity index (χ0v) is 13.4. The fourth-order valence-electron chi connectivity index (χ4n) is 2.95. The molecule has 2 aromatic rings. The van der Waals surface area contributed by atoms with Crippen molar-refractivity contribution in [2.75, 3.05) is 25.5 Å². The molecular weight excluding hydrogens is 316 g/mol. The van der Waals surface area contributed by atoms with Gasteiger partial charge in [0.2, 0.25) is 0 Å². The molecule has 1 aromatic carbocycles. The smallest absolute Gasteiger partial charge is 0.270 e. The van der Waals surface area contributed by atoms with Gasteiger partial charge in [0, 0.05) is 25.2 Å². The lowest BCUT2D eigenvalue weighted by Crippen LogP contribution is -2.44. The normalized spacial score (nSPS) is 16.9. The van der Waals surface area contributed by atoms with Gasteiger partial charge in [0.15, 0.2) is 5.82 Å². The van der Waals surface area contributed by atoms with Gasteiger partial charge in [0.05, 0.1) is 0 Å². The summed E-state index contributed by atoms with van der Waals surface area (Å²) in [5.74, 6) is -0.179. The fourth-order valence-corrected chi connectivity index (χ4v) is 3.12. The van der Waals surface area contributed by atoms with Crippen molar-refractivity contribution >= 4 is 23.3 Å². The van der Waals surface area contributed by atoms with Crippen molar-refractivity contribution in [1.29, 1.82) is 0 Å². The van der Waals surface area contributed by atoms with Crippen LogP contribution in [0.3, 0.4) is 0 Å². The third-order valence-corrected chi connectivity index (χ3v) is 4.77. The van der Waals surface area contributed by atoms with E-state index in [4.69, 9.17) is 22.1 Å². The minimum absolute atomic E-state index is 0.126. The molecule has 0 aliphatic carbocycles. The highest BCUT2D eigenvalue weighted by atomic mass is 35.5. The van der Waals surface area contributed by atoms with Gasteiger partial charge in [-0.1, -0.05) is 41.9 Å². The average Bonchev–Trinajstić information content (AvgIpc) is 2.94. The highest BCUT2D eigenvalue weighted by molar-refractivity contribution is 6.35. The molecule has 3 rings (SSSR count). The van der Waals surface area contributed by atoms with E-state index in [1.807, 2.05) is 18.2 Å². The van der Waals surface area contributed by atoms with E-state index >= 15 is 0 Å². The predicted molar refractivity (Wildman–Crippen MR) is 88.5 cm³/mol. The summed E-state index contributed by atoms with van der Waals surface area (Å²) in [5.41, 5.74) is 6.83. The van der Waals surface area contributed by atoms with Crippen molar-refractivity contribution in [2.45, 2.75) is 18.3 Å². The molecule has 0 unspecified atom stereocenters. The summed E-state index contributed by atoms with van der Waals surface area (Å²) in [7, 11) is 0. The van der Waals surface area contributed by atoms with Gasteiger partial charge >= 0.3 is 0 Å². The quantitative estimate of drug-likeness (QED) is 0.798. The third kappa shape index (κ3) is 3.18. The van der Waals surface area contributed by atoms with Crippen LogP contribution in [0.15, 0.2) is 30.3 Å². The first-order valence-electron chi connectivity index (χ1n) is 7.53. The maximum absolute atomic E-state index is 12.3. The number of nitrogens with two attached hydrogens (primary N) is 1. The Morgan fingerprint density at radius 3 is 2.65 bits per heavy atom. The third-order valence-electron chi connectivity index (χ3n) is 4.38. The second kappa shape index (κ2) is 6.60. The minimum atomic E-state index is -0.305. The van der Waals surface area contributed by atoms with Gasteiger partial charge in [-0.05, 0) is 18.4 Å². The number of ether oxygens (including phenoxy) is 1. The molecule has 7 heteroatoms. The molecule has 1 fully saturated rings. The molecule has 2 heterocycles. The van der Waals surface area contributed by atoms with Gasteiger partial charge in [-0.25, -0.2) is 0 Å². The maximum atomic E-state index is 12.3. The second-order valence-corrected chi connectivity index (χ2v) is 6.12. The number of benzene rings is 1. The molecule has 0 saturated carbocycles. The zero-order chi connectivity index (χ0) is 16.3. The number of halogens is 1. The number of carbonyl (C=O) groups excluding carboxylic acids is 1. The summed E-state index contributed by atoms with van der Waals surface area (Å²) >= 11 is 5.98. The van der Waals surface area contributed by atoms with Gasteiger partial charge < -0.3 is 15.8 Å². The van der Waals surface area contributed by atoms with Crippen molar-refractivity contribution in [3.8, 4) is 0 Å². The number of nitrogens with one attached hydrogen (secondary N) is 2. The summed E-state index contributed by atoms with van der Waals surface area (Å²) in [5, 5.41) is 9.43. The Morgan fingerprint density at radius 1 is 1.35 bits per heavy atom. The summed E-state index contributed by atoms with van der Waals surface area (Å²) in [6, 6.07) is 10.2. The predicted octanol–water partition coefficient (Wildman–Crippen LogP) is 2.12. The Kier molecular flexibility index (Phi) is 4.54. The van der Waals surface area contributed by atoms with Crippen molar-refractivity contribution in [3.63, 3.8) is 0 Å². The maximum Gasteiger partial charge on any atom is 0.270 e. The first kappa shape index (κ1) is 15.8. The van der Waals surface area contributed by atoms with Gasteiger partial charge in [-0.15, -0.1) is 0 Å². The number of hydrogen-bond donors (Lipinski definition) is 3. The van der Waals surface area contributed by atoms with Crippen LogP contribution in [0.2, 0.25) is 5.02 Å². The topological polar surface area (TPSA) is 93.0 Å². The van der Waals surface area contributed by atoms with Gasteiger partial charge in [-0.3, -0.25) is 9.89 Å². The average molecular weight is 335 g/mol. The number of anilines is 1. The number of nitrogen functional groups attached to an aromatic ring is 1. The number of carbonyl (C=O) groups is 1. The number of nitrogens with zero attached hydrogens (tertiary/aromatic N) is 1. The molecule has 1 aliphatic heterocycles. The molecule has 1 aromatic heterocycles. The van der Waals surface area contributed by atoms with Crippen LogP contribution in [0.25, 0.3) is 0 Å². The standard InChI is InChI=1S/C16H19ClN4O2/c17-12-13(20-21-14(12)18)15(22)19-10-16(6-8-23-9-7-16)11-4-2-1-3-5-11/h1-5H,6-10H2,(H,19,22)(H3,18,20,21). The van der Waals surface area contributed by atoms with Crippen LogP contribution < -0.4 is 11.1 Å². The SMILES string of the molecule is Nc1n[nH]c(C(=O)NCC2(c3ccccc3)CCOCC2)c1Cl. The van der Waals surface area contributed by atoms with E-state index in [1.54, 1.807) is 0 Å². The molecule has 0 bridgehead atoms. The molecule has 1 amide bonds. The Balaban J connectivity index is 1.77. The lowest BCUT2D eigenvalue weighted by molar-refractivity contribution is 0.0486. The molecule has 0 radical (unpaired) electrons. The molecule has 0 atom stereocenters. The summed E-state index contributed by atoms with van der Waals surface area (Å²) in [6.45, 7) is 1.87. The highest BCUT2D eigenvalue weighted by Gasteiger charge is 2.35. The number of rotatable bonds is 4. The second-order valence-electron chi connectivity index (χ2n) is 5.74. The van der Waals surface area contributed by atoms with Crippen molar-refractivity contribution in [1.82, 2.24) is 15.5 Å². The number of hydrogen-bond acceptors (Lipinski definition) is 4. The van der Waals surface area contributed by atoms with E-state index in [9.17, 15) is 4.79 Å². The Hall–Kier alpha value is -2.05. The van der Waals surface area contributed by atoms with E-state index in [0.717, 1.165) is 12.8 Å². The van der Waals surface area contributed by atoms with E-state index < -0.39 is 0 Å². The summed E-state index contributed by atoms with van der Waals surface area (Å²) < 4.78 is 5.49. The minimum Gasteiger partial charge on any atom is -0.381 e. The molecule has 6 nitrogen and oxygen atoms in total. The molecule has 1 aliphatic rings. The van der Waals surface area contributed by atoms with Crippen LogP contribution in [0.4, 0.5) is 5.82 Å². The van der Waals surface area contributed by atoms with Crippen LogP contribution in [0.1, 0.15) is 28.9 Å². The van der Waals surface area contributed by atoms with Crippen molar-refractivity contribution in [3.05, 3.63) is 46.6 Å². The Bertz CT molecular complexity index is 681. The van der Waals surface area contributed by atoms with E-state index in [-0.39, 0.29) is 27.9 Å². The molecule has 1 saturated heterocycles. The molecule has 122 valence electrons. The lowest BCUT2D eigenvalue weighted by Gasteiger charge is -2.37. The highest BCUT2D eigenvalue weighted by Crippen LogP contribution is 2.34. The molecular formula is C16H19ClN4O2. The Labute approximate surface area is 139 Å². The summed E-state index contributed by atoms with van der Waals surface area (Å²) in [6.07, 6.45) is 1.71. The van der Waals surface area contributed by atoms with Crippen molar-refractivity contribution < 1.29 is 9.53 Å². The summed E-state index contributed by atoms with van der Waals surface area (Å²) in [4.78, 5) is 12.3. The largest absolute Gasteiger partial charge is 0.381 e. The zero-order valence-electron chi connectivity index (χ0n) is 12.6. The van der Waals surface area contributed by atoms with Gasteiger partial charge in [0.1, 0.15) is 10.7 Å². The van der Waals surface area contributed by atoms with E-state index in [2.05, 4.69) is 27.6 Å². The van der Waals surface area contributed by atoms with Gasteiger partial charge in [-0.2, -0.15) is 5.10 Å². The lowest BCUT2D eigenvalue weighted by atomic mass is 9.74. The first-order valence-corrected chi connectivity index (χ1v) is 7.91. The van der Waals surface area contributed by atoms with E-state index in [1.165, 1.54) is 5.56 Å². The van der Waals surface area contributed by atoms with Crippen LogP contribution in [-0.4, -0.2) is 35.9 Å². The Morgan fingerprint density at radius 2 is 2.04 bits per heavy atom. The van der Waals surface area contributed by atoms with Crippen molar-refractivity contribution in [2.24, 2.45) is 0 Å². The van der Waals surface area contributed by atoms with Crippen LogP contribution in [-0.2, 0) is 10.2 Å². The fraction of sp³-hybridized carbons (Fsp3) is 0.375. The number of H-pyrrole nitrogens is 1. The number of aromatic nitrogens is 2. The number of amides is 1. The first-order chi connectivity index (χ1) is 11.1. The van der Waals surface area contributed by atoms with Crippen LogP contribution in [0.5, 0.6) is 0 Å².